The van der Waals surface area contributed by atoms with Gasteiger partial charge in [0.05, 0.1) is 24.9 Å². The lowest BCUT2D eigenvalue weighted by Gasteiger charge is -2.20. The summed E-state index contributed by atoms with van der Waals surface area (Å²) in [6, 6.07) is -2.56. The minimum absolute atomic E-state index is 0.0157. The molecule has 1 unspecified atom stereocenters. The SMILES string of the molecule is Cc1c(CN2CCN=C2NC(=O)O)sc2c1c(=O)n(C(C)C(F)(F)F)c(=O)n2CCC(F)(F)F. The zero-order valence-corrected chi connectivity index (χ0v) is 18.6. The highest BCUT2D eigenvalue weighted by molar-refractivity contribution is 7.18. The van der Waals surface area contributed by atoms with Crippen molar-refractivity contribution >= 4 is 33.6 Å². The first-order valence-corrected chi connectivity index (χ1v) is 10.6. The second kappa shape index (κ2) is 8.96. The van der Waals surface area contributed by atoms with Crippen LogP contribution in [0.4, 0.5) is 31.1 Å². The fourth-order valence-electron chi connectivity index (χ4n) is 3.51. The van der Waals surface area contributed by atoms with E-state index in [1.165, 1.54) is 11.8 Å². The molecule has 188 valence electrons. The minimum atomic E-state index is -4.99. The van der Waals surface area contributed by atoms with Crippen molar-refractivity contribution in [2.45, 2.75) is 51.8 Å². The Hall–Kier alpha value is -3.04. The molecule has 0 fully saturated rings. The number of hydrogen-bond acceptors (Lipinski definition) is 6. The largest absolute Gasteiger partial charge is 0.465 e. The molecule has 0 saturated carbocycles. The smallest absolute Gasteiger partial charge is 0.411 e. The van der Waals surface area contributed by atoms with Crippen LogP contribution in [0.3, 0.4) is 0 Å². The van der Waals surface area contributed by atoms with E-state index in [2.05, 4.69) is 10.3 Å². The summed E-state index contributed by atoms with van der Waals surface area (Å²) in [6.07, 6.45) is -12.5. The molecule has 34 heavy (non-hydrogen) atoms. The number of guanidine groups is 1. The van der Waals surface area contributed by atoms with E-state index in [-0.39, 0.29) is 39.4 Å². The third-order valence-electron chi connectivity index (χ3n) is 5.31. The van der Waals surface area contributed by atoms with Gasteiger partial charge in [0, 0.05) is 18.0 Å². The quantitative estimate of drug-likeness (QED) is 0.596. The molecule has 0 spiro atoms. The fraction of sp³-hybridized carbons (Fsp3) is 0.556. The second-order valence-corrected chi connectivity index (χ2v) is 8.66. The molecule has 2 aromatic rings. The topological polar surface area (TPSA) is 109 Å². The normalized spacial score (nSPS) is 15.6. The molecule has 9 nitrogen and oxygen atoms in total. The molecule has 1 atom stereocenters. The minimum Gasteiger partial charge on any atom is -0.465 e. The van der Waals surface area contributed by atoms with Gasteiger partial charge in [-0.2, -0.15) is 26.3 Å². The maximum Gasteiger partial charge on any atom is 0.411 e. The monoisotopic (exact) mass is 515 g/mol. The van der Waals surface area contributed by atoms with Crippen LogP contribution in [0.5, 0.6) is 0 Å². The van der Waals surface area contributed by atoms with Gasteiger partial charge in [0.15, 0.2) is 0 Å². The highest BCUT2D eigenvalue weighted by Crippen LogP contribution is 2.33. The maximum absolute atomic E-state index is 13.4. The molecule has 16 heteroatoms. The number of carboxylic acid groups (broad SMARTS) is 1. The molecule has 2 aromatic heterocycles. The number of thiophene rings is 1. The Morgan fingerprint density at radius 2 is 1.88 bits per heavy atom. The van der Waals surface area contributed by atoms with Crippen molar-refractivity contribution in [1.29, 1.82) is 0 Å². The summed E-state index contributed by atoms with van der Waals surface area (Å²) in [5.41, 5.74) is -2.56. The first-order valence-electron chi connectivity index (χ1n) is 9.82. The summed E-state index contributed by atoms with van der Waals surface area (Å²) in [5, 5.41) is 10.7. The molecule has 1 amide bonds. The van der Waals surface area contributed by atoms with Crippen LogP contribution in [-0.2, 0) is 13.1 Å². The summed E-state index contributed by atoms with van der Waals surface area (Å²) < 4.78 is 79.2. The first kappa shape index (κ1) is 25.6. The molecule has 2 N–H and O–H groups in total. The second-order valence-electron chi connectivity index (χ2n) is 7.58. The molecule has 0 aromatic carbocycles. The van der Waals surface area contributed by atoms with Crippen molar-refractivity contribution in [3.8, 4) is 0 Å². The molecule has 1 aliphatic rings. The molecular weight excluding hydrogens is 496 g/mol. The molecule has 3 heterocycles. The molecule has 0 bridgehead atoms. The van der Waals surface area contributed by atoms with Crippen molar-refractivity contribution in [1.82, 2.24) is 19.4 Å². The van der Waals surface area contributed by atoms with E-state index in [1.807, 2.05) is 0 Å². The Kier molecular flexibility index (Phi) is 6.74. The summed E-state index contributed by atoms with van der Waals surface area (Å²) in [6.45, 7) is 1.54. The first-order chi connectivity index (χ1) is 15.6. The number of carbonyl (C=O) groups is 1. The van der Waals surface area contributed by atoms with Crippen LogP contribution in [0.25, 0.3) is 10.2 Å². The van der Waals surface area contributed by atoms with Gasteiger partial charge in [-0.3, -0.25) is 19.7 Å². The molecule has 0 radical (unpaired) electrons. The number of aliphatic imine (C=N–C) groups is 1. The zero-order chi connectivity index (χ0) is 25.6. The van der Waals surface area contributed by atoms with E-state index in [1.54, 1.807) is 0 Å². The highest BCUT2D eigenvalue weighted by atomic mass is 32.1. The Bertz CT molecular complexity index is 1260. The number of amides is 1. The number of alkyl halides is 6. The molecule has 0 aliphatic carbocycles. The average molecular weight is 515 g/mol. The zero-order valence-electron chi connectivity index (χ0n) is 17.7. The van der Waals surface area contributed by atoms with E-state index >= 15 is 0 Å². The number of nitrogens with zero attached hydrogens (tertiary/aromatic N) is 4. The number of nitrogens with one attached hydrogen (secondary N) is 1. The number of aryl methyl sites for hydroxylation is 2. The lowest BCUT2D eigenvalue weighted by Crippen LogP contribution is -2.45. The summed E-state index contributed by atoms with van der Waals surface area (Å²) in [7, 11) is 0. The third-order valence-corrected chi connectivity index (χ3v) is 6.61. The number of halogens is 6. The number of aromatic nitrogens is 2. The van der Waals surface area contributed by atoms with Gasteiger partial charge < -0.3 is 10.0 Å². The molecule has 3 rings (SSSR count). The van der Waals surface area contributed by atoms with Gasteiger partial charge in [0.1, 0.15) is 10.9 Å². The third kappa shape index (κ3) is 5.05. The van der Waals surface area contributed by atoms with Crippen LogP contribution >= 0.6 is 11.3 Å². The van der Waals surface area contributed by atoms with Crippen LogP contribution < -0.4 is 16.6 Å². The average Bonchev–Trinajstić information content (AvgIpc) is 3.24. The Labute approximate surface area is 190 Å². The predicted molar refractivity (Wildman–Crippen MR) is 110 cm³/mol. The van der Waals surface area contributed by atoms with Crippen LogP contribution in [0.2, 0.25) is 0 Å². The summed E-state index contributed by atoms with van der Waals surface area (Å²) in [4.78, 5) is 42.4. The summed E-state index contributed by atoms with van der Waals surface area (Å²) in [5.74, 6) is 0.0157. The maximum atomic E-state index is 13.4. The van der Waals surface area contributed by atoms with Gasteiger partial charge >= 0.3 is 24.1 Å². The van der Waals surface area contributed by atoms with Crippen molar-refractivity contribution < 1.29 is 36.2 Å². The fourth-order valence-corrected chi connectivity index (χ4v) is 4.84. The number of hydrogen-bond donors (Lipinski definition) is 2. The van der Waals surface area contributed by atoms with E-state index in [4.69, 9.17) is 5.11 Å². The van der Waals surface area contributed by atoms with Gasteiger partial charge in [-0.25, -0.2) is 14.2 Å². The Morgan fingerprint density at radius 3 is 2.44 bits per heavy atom. The molecule has 1 aliphatic heterocycles. The van der Waals surface area contributed by atoms with E-state index in [0.29, 0.717) is 22.9 Å². The van der Waals surface area contributed by atoms with Crippen molar-refractivity contribution in [2.24, 2.45) is 4.99 Å². The van der Waals surface area contributed by atoms with E-state index in [0.717, 1.165) is 11.3 Å². The van der Waals surface area contributed by atoms with Crippen LogP contribution in [-0.4, -0.2) is 56.6 Å². The Balaban J connectivity index is 2.18. The van der Waals surface area contributed by atoms with E-state index in [9.17, 15) is 40.7 Å². The lowest BCUT2D eigenvalue weighted by molar-refractivity contribution is -0.164. The molecule has 0 saturated heterocycles. The van der Waals surface area contributed by atoms with Gasteiger partial charge in [-0.15, -0.1) is 11.3 Å². The standard InChI is InChI=1S/C18H19F6N5O4S/c1-8-10(7-27-6-4-25-14(27)26-15(31)32)34-13-11(8)12(30)29(9(2)18(22,23)24)16(33)28(13)5-3-17(19,20)21/h9H,3-7H2,1-2H3,(H,25,26)(H,31,32). The lowest BCUT2D eigenvalue weighted by atomic mass is 10.2. The number of fused-ring (bicyclic) bond motifs is 1. The van der Waals surface area contributed by atoms with Crippen molar-refractivity contribution in [2.75, 3.05) is 13.1 Å². The van der Waals surface area contributed by atoms with E-state index < -0.39 is 48.7 Å². The van der Waals surface area contributed by atoms with Gasteiger partial charge in [0.2, 0.25) is 5.96 Å². The molecular formula is C18H19F6N5O4S. The van der Waals surface area contributed by atoms with Gasteiger partial charge in [0.25, 0.3) is 5.56 Å². The van der Waals surface area contributed by atoms with Crippen LogP contribution in [0, 0.1) is 6.92 Å². The van der Waals surface area contributed by atoms with Gasteiger partial charge in [-0.05, 0) is 19.4 Å². The van der Waals surface area contributed by atoms with Crippen molar-refractivity contribution in [3.05, 3.63) is 31.3 Å². The number of rotatable bonds is 5. The van der Waals surface area contributed by atoms with Gasteiger partial charge in [-0.1, -0.05) is 0 Å². The van der Waals surface area contributed by atoms with Crippen molar-refractivity contribution in [3.63, 3.8) is 0 Å². The highest BCUT2D eigenvalue weighted by Gasteiger charge is 2.40. The van der Waals surface area contributed by atoms with Crippen LogP contribution in [0.15, 0.2) is 14.6 Å². The van der Waals surface area contributed by atoms with Crippen LogP contribution in [0.1, 0.15) is 29.8 Å². The summed E-state index contributed by atoms with van der Waals surface area (Å²) >= 11 is 0.794. The Morgan fingerprint density at radius 1 is 1.24 bits per heavy atom. The predicted octanol–water partition coefficient (Wildman–Crippen LogP) is 3.05.